The van der Waals surface area contributed by atoms with E-state index in [-0.39, 0.29) is 24.8 Å². The third kappa shape index (κ3) is 2.82. The van der Waals surface area contributed by atoms with Crippen LogP contribution in [0.1, 0.15) is 13.8 Å². The predicted octanol–water partition coefficient (Wildman–Crippen LogP) is 0.140. The Hall–Kier alpha value is -0.810. The van der Waals surface area contributed by atoms with Crippen molar-refractivity contribution in [1.82, 2.24) is 9.80 Å². The van der Waals surface area contributed by atoms with Gasteiger partial charge in [-0.25, -0.2) is 4.79 Å². The van der Waals surface area contributed by atoms with Crippen LogP contribution in [0.4, 0.5) is 4.79 Å². The number of aliphatic hydroxyl groups is 1. The van der Waals surface area contributed by atoms with Gasteiger partial charge >= 0.3 is 6.03 Å². The second-order valence-corrected chi connectivity index (χ2v) is 3.94. The Morgan fingerprint density at radius 2 is 2.33 bits per heavy atom. The molecule has 1 N–H and O–H groups in total. The lowest BCUT2D eigenvalue weighted by atomic mass is 10.2. The Kier molecular flexibility index (Phi) is 4.35. The van der Waals surface area contributed by atoms with E-state index in [0.29, 0.717) is 19.7 Å². The molecule has 1 aliphatic rings. The summed E-state index contributed by atoms with van der Waals surface area (Å²) in [5, 5.41) is 9.00. The number of carbonyl (C=O) groups excluding carboxylic acids is 1. The van der Waals surface area contributed by atoms with E-state index in [9.17, 15) is 4.79 Å². The van der Waals surface area contributed by atoms with E-state index in [1.807, 2.05) is 13.8 Å². The van der Waals surface area contributed by atoms with E-state index in [1.54, 1.807) is 16.8 Å². The van der Waals surface area contributed by atoms with Gasteiger partial charge in [0.2, 0.25) is 0 Å². The summed E-state index contributed by atoms with van der Waals surface area (Å²) >= 11 is 0. The topological polar surface area (TPSA) is 53.0 Å². The summed E-state index contributed by atoms with van der Waals surface area (Å²) in [7, 11) is 1.78. The first-order valence-electron chi connectivity index (χ1n) is 5.34. The van der Waals surface area contributed by atoms with Gasteiger partial charge < -0.3 is 19.6 Å². The van der Waals surface area contributed by atoms with Gasteiger partial charge in [-0.2, -0.15) is 0 Å². The maximum absolute atomic E-state index is 11.9. The van der Waals surface area contributed by atoms with Crippen molar-refractivity contribution in [2.24, 2.45) is 0 Å². The van der Waals surface area contributed by atoms with E-state index < -0.39 is 0 Å². The van der Waals surface area contributed by atoms with Gasteiger partial charge in [-0.1, -0.05) is 0 Å². The summed E-state index contributed by atoms with van der Waals surface area (Å²) in [6.07, 6.45) is -0.240. The minimum Gasteiger partial charge on any atom is -0.394 e. The summed E-state index contributed by atoms with van der Waals surface area (Å²) < 4.78 is 5.37. The highest BCUT2D eigenvalue weighted by Crippen LogP contribution is 2.13. The number of nitrogens with zero attached hydrogens (tertiary/aromatic N) is 2. The molecule has 0 aromatic carbocycles. The van der Waals surface area contributed by atoms with Crippen molar-refractivity contribution in [3.63, 3.8) is 0 Å². The number of urea groups is 1. The second kappa shape index (κ2) is 5.32. The highest BCUT2D eigenvalue weighted by molar-refractivity contribution is 5.74. The first-order valence-corrected chi connectivity index (χ1v) is 5.34. The summed E-state index contributed by atoms with van der Waals surface area (Å²) in [6, 6.07) is 0.0843. The first kappa shape index (κ1) is 12.3. The van der Waals surface area contributed by atoms with Crippen molar-refractivity contribution >= 4 is 6.03 Å². The number of aliphatic hydroxyl groups excluding tert-OH is 1. The highest BCUT2D eigenvalue weighted by atomic mass is 16.5. The number of hydrogen-bond donors (Lipinski definition) is 1. The number of morpholine rings is 1. The van der Waals surface area contributed by atoms with Gasteiger partial charge in [0.15, 0.2) is 0 Å². The van der Waals surface area contributed by atoms with Gasteiger partial charge in [-0.3, -0.25) is 0 Å². The maximum atomic E-state index is 11.9. The van der Waals surface area contributed by atoms with E-state index in [1.165, 1.54) is 0 Å². The van der Waals surface area contributed by atoms with Crippen LogP contribution in [0.2, 0.25) is 0 Å². The molecular formula is C10H20N2O3. The van der Waals surface area contributed by atoms with E-state index in [4.69, 9.17) is 9.84 Å². The van der Waals surface area contributed by atoms with Gasteiger partial charge in [-0.05, 0) is 13.8 Å². The molecule has 15 heavy (non-hydrogen) atoms. The van der Waals surface area contributed by atoms with Crippen LogP contribution >= 0.6 is 0 Å². The highest BCUT2D eigenvalue weighted by Gasteiger charge is 2.30. The van der Waals surface area contributed by atoms with Crippen molar-refractivity contribution in [2.75, 3.05) is 33.4 Å². The van der Waals surface area contributed by atoms with Crippen molar-refractivity contribution in [2.45, 2.75) is 26.0 Å². The largest absolute Gasteiger partial charge is 0.394 e. The number of carbonyl (C=O) groups is 1. The quantitative estimate of drug-likeness (QED) is 0.714. The summed E-state index contributed by atoms with van der Waals surface area (Å²) in [5.74, 6) is 0. The van der Waals surface area contributed by atoms with Crippen LogP contribution in [0.25, 0.3) is 0 Å². The zero-order valence-corrected chi connectivity index (χ0v) is 9.64. The average molecular weight is 216 g/mol. The SMILES string of the molecule is CCN(C)C(=O)N1CC(CO)OCC1C. The van der Waals surface area contributed by atoms with Gasteiger partial charge in [0.05, 0.1) is 31.9 Å². The van der Waals surface area contributed by atoms with Crippen LogP contribution in [0, 0.1) is 0 Å². The number of rotatable bonds is 2. The van der Waals surface area contributed by atoms with Crippen molar-refractivity contribution in [1.29, 1.82) is 0 Å². The van der Waals surface area contributed by atoms with Crippen molar-refractivity contribution in [3.05, 3.63) is 0 Å². The fourth-order valence-corrected chi connectivity index (χ4v) is 1.55. The van der Waals surface area contributed by atoms with E-state index in [2.05, 4.69) is 0 Å². The number of amides is 2. The molecule has 1 heterocycles. The molecule has 0 saturated carbocycles. The van der Waals surface area contributed by atoms with Crippen LogP contribution in [0.5, 0.6) is 0 Å². The Morgan fingerprint density at radius 3 is 2.87 bits per heavy atom. The molecule has 0 bridgehead atoms. The maximum Gasteiger partial charge on any atom is 0.320 e. The molecule has 0 radical (unpaired) electrons. The molecule has 1 aliphatic heterocycles. The molecule has 0 aromatic rings. The van der Waals surface area contributed by atoms with Crippen LogP contribution in [-0.4, -0.2) is 66.4 Å². The molecule has 5 nitrogen and oxygen atoms in total. The molecule has 1 fully saturated rings. The third-order valence-electron chi connectivity index (χ3n) is 2.76. The lowest BCUT2D eigenvalue weighted by Crippen LogP contribution is -2.55. The average Bonchev–Trinajstić information content (AvgIpc) is 2.27. The molecule has 1 rings (SSSR count). The van der Waals surface area contributed by atoms with Gasteiger partial charge in [0.1, 0.15) is 0 Å². The molecule has 88 valence electrons. The normalized spacial score (nSPS) is 26.5. The molecular weight excluding hydrogens is 196 g/mol. The molecule has 0 aliphatic carbocycles. The van der Waals surface area contributed by atoms with Crippen LogP contribution in [-0.2, 0) is 4.74 Å². The van der Waals surface area contributed by atoms with Gasteiger partial charge in [0.25, 0.3) is 0 Å². The summed E-state index contributed by atoms with van der Waals surface area (Å²) in [6.45, 7) is 5.51. The molecule has 0 spiro atoms. The lowest BCUT2D eigenvalue weighted by molar-refractivity contribution is -0.0658. The standard InChI is InChI=1S/C10H20N2O3/c1-4-11(3)10(14)12-5-9(6-13)15-7-8(12)2/h8-9,13H,4-7H2,1-3H3. The lowest BCUT2D eigenvalue weighted by Gasteiger charge is -2.39. The Labute approximate surface area is 90.6 Å². The third-order valence-corrected chi connectivity index (χ3v) is 2.76. The van der Waals surface area contributed by atoms with Crippen LogP contribution < -0.4 is 0 Å². The fraction of sp³-hybridized carbons (Fsp3) is 0.900. The predicted molar refractivity (Wildman–Crippen MR) is 56.7 cm³/mol. The molecule has 1 saturated heterocycles. The summed E-state index contributed by atoms with van der Waals surface area (Å²) in [5.41, 5.74) is 0. The van der Waals surface area contributed by atoms with Crippen molar-refractivity contribution < 1.29 is 14.6 Å². The fourth-order valence-electron chi connectivity index (χ4n) is 1.55. The smallest absolute Gasteiger partial charge is 0.320 e. The minimum absolute atomic E-state index is 0.00625. The van der Waals surface area contributed by atoms with Crippen LogP contribution in [0.15, 0.2) is 0 Å². The minimum atomic E-state index is -0.240. The molecule has 2 amide bonds. The van der Waals surface area contributed by atoms with Gasteiger partial charge in [0, 0.05) is 13.6 Å². The molecule has 5 heteroatoms. The van der Waals surface area contributed by atoms with E-state index >= 15 is 0 Å². The summed E-state index contributed by atoms with van der Waals surface area (Å²) in [4.78, 5) is 15.3. The zero-order chi connectivity index (χ0) is 11.4. The Bertz CT molecular complexity index is 223. The molecule has 0 aromatic heterocycles. The van der Waals surface area contributed by atoms with Crippen molar-refractivity contribution in [3.8, 4) is 0 Å². The monoisotopic (exact) mass is 216 g/mol. The Balaban J connectivity index is 2.61. The van der Waals surface area contributed by atoms with Crippen LogP contribution in [0.3, 0.4) is 0 Å². The number of ether oxygens (including phenoxy) is 1. The molecule has 2 unspecified atom stereocenters. The second-order valence-electron chi connectivity index (χ2n) is 3.94. The molecule has 2 atom stereocenters. The zero-order valence-electron chi connectivity index (χ0n) is 9.64. The van der Waals surface area contributed by atoms with Gasteiger partial charge in [-0.15, -0.1) is 0 Å². The van der Waals surface area contributed by atoms with E-state index in [0.717, 1.165) is 0 Å². The first-order chi connectivity index (χ1) is 7.10. The number of hydrogen-bond acceptors (Lipinski definition) is 3. The Morgan fingerprint density at radius 1 is 1.67 bits per heavy atom.